The van der Waals surface area contributed by atoms with Crippen molar-refractivity contribution in [1.82, 2.24) is 14.9 Å². The van der Waals surface area contributed by atoms with Gasteiger partial charge in [-0.3, -0.25) is 4.90 Å². The van der Waals surface area contributed by atoms with Gasteiger partial charge in [-0.15, -0.1) is 0 Å². The number of ether oxygens (including phenoxy) is 1. The minimum absolute atomic E-state index is 0.440. The van der Waals surface area contributed by atoms with Gasteiger partial charge in [-0.1, -0.05) is 19.3 Å². The summed E-state index contributed by atoms with van der Waals surface area (Å²) in [6, 6.07) is 3.19. The summed E-state index contributed by atoms with van der Waals surface area (Å²) in [5, 5.41) is 3.66. The van der Waals surface area contributed by atoms with Crippen molar-refractivity contribution >= 4 is 11.8 Å². The Balaban J connectivity index is 1.39. The predicted octanol–water partition coefficient (Wildman–Crippen LogP) is 3.30. The summed E-state index contributed by atoms with van der Waals surface area (Å²) in [6.07, 6.45) is 13.3. The van der Waals surface area contributed by atoms with E-state index in [0.717, 1.165) is 44.6 Å². The van der Waals surface area contributed by atoms with Crippen LogP contribution < -0.4 is 10.2 Å². The summed E-state index contributed by atoms with van der Waals surface area (Å²) in [6.45, 7) is 6.40. The zero-order chi connectivity index (χ0) is 18.3. The fourth-order valence-electron chi connectivity index (χ4n) is 4.75. The second-order valence-electron chi connectivity index (χ2n) is 8.32. The number of rotatable bonds is 4. The van der Waals surface area contributed by atoms with E-state index in [1.165, 1.54) is 64.3 Å². The number of nitrogens with one attached hydrogen (secondary N) is 1. The molecule has 3 fully saturated rings. The smallest absolute Gasteiger partial charge is 0.224 e. The van der Waals surface area contributed by atoms with Gasteiger partial charge in [0.1, 0.15) is 5.82 Å². The fourth-order valence-corrected chi connectivity index (χ4v) is 4.75. The van der Waals surface area contributed by atoms with Crippen molar-refractivity contribution in [2.24, 2.45) is 0 Å². The lowest BCUT2D eigenvalue weighted by Crippen LogP contribution is -2.44. The first kappa shape index (κ1) is 18.9. The van der Waals surface area contributed by atoms with E-state index in [-0.39, 0.29) is 0 Å². The molecule has 0 aliphatic carbocycles. The summed E-state index contributed by atoms with van der Waals surface area (Å²) in [5.41, 5.74) is 0. The molecule has 1 N–H and O–H groups in total. The van der Waals surface area contributed by atoms with E-state index in [2.05, 4.69) is 26.2 Å². The molecule has 0 radical (unpaired) electrons. The molecule has 1 aromatic rings. The van der Waals surface area contributed by atoms with Crippen molar-refractivity contribution in [2.45, 2.75) is 69.9 Å². The van der Waals surface area contributed by atoms with Gasteiger partial charge >= 0.3 is 0 Å². The molecule has 0 amide bonds. The maximum atomic E-state index is 5.56. The van der Waals surface area contributed by atoms with Crippen molar-refractivity contribution in [3.05, 3.63) is 12.3 Å². The van der Waals surface area contributed by atoms with Crippen molar-refractivity contribution in [3.8, 4) is 0 Å². The summed E-state index contributed by atoms with van der Waals surface area (Å²) in [5.74, 6) is 1.89. The predicted molar refractivity (Wildman–Crippen MR) is 109 cm³/mol. The highest BCUT2D eigenvalue weighted by molar-refractivity contribution is 5.43. The molecule has 3 aliphatic rings. The number of aromatic nitrogens is 2. The highest BCUT2D eigenvalue weighted by Crippen LogP contribution is 2.22. The van der Waals surface area contributed by atoms with Crippen LogP contribution in [0.25, 0.3) is 0 Å². The van der Waals surface area contributed by atoms with E-state index in [1.54, 1.807) is 0 Å². The topological polar surface area (TPSA) is 53.5 Å². The molecule has 0 aromatic carbocycles. The Hall–Kier alpha value is -1.40. The highest BCUT2D eigenvalue weighted by Gasteiger charge is 2.26. The minimum atomic E-state index is 0.440. The molecule has 0 saturated carbocycles. The first-order valence-corrected chi connectivity index (χ1v) is 11.0. The molecule has 4 heterocycles. The number of nitrogens with zero attached hydrogens (tertiary/aromatic N) is 4. The monoisotopic (exact) mass is 373 g/mol. The van der Waals surface area contributed by atoms with Gasteiger partial charge in [-0.25, -0.2) is 4.98 Å². The van der Waals surface area contributed by atoms with Crippen molar-refractivity contribution in [3.63, 3.8) is 0 Å². The molecule has 6 nitrogen and oxygen atoms in total. The van der Waals surface area contributed by atoms with Crippen molar-refractivity contribution < 1.29 is 4.74 Å². The van der Waals surface area contributed by atoms with Crippen LogP contribution in [0.5, 0.6) is 0 Å². The van der Waals surface area contributed by atoms with Gasteiger partial charge in [0, 0.05) is 51.1 Å². The summed E-state index contributed by atoms with van der Waals surface area (Å²) >= 11 is 0. The molecule has 6 heteroatoms. The van der Waals surface area contributed by atoms with Crippen LogP contribution in [-0.4, -0.2) is 66.3 Å². The third-order valence-electron chi connectivity index (χ3n) is 6.31. The Morgan fingerprint density at radius 3 is 2.52 bits per heavy atom. The van der Waals surface area contributed by atoms with Gasteiger partial charge in [-0.05, 0) is 51.1 Å². The lowest BCUT2D eigenvalue weighted by molar-refractivity contribution is 0.0344. The maximum absolute atomic E-state index is 5.56. The maximum Gasteiger partial charge on any atom is 0.224 e. The van der Waals surface area contributed by atoms with Crippen LogP contribution in [0.3, 0.4) is 0 Å². The summed E-state index contributed by atoms with van der Waals surface area (Å²) in [7, 11) is 0. The molecule has 1 aromatic heterocycles. The molecule has 0 spiro atoms. The van der Waals surface area contributed by atoms with E-state index in [9.17, 15) is 0 Å². The zero-order valence-electron chi connectivity index (χ0n) is 16.6. The van der Waals surface area contributed by atoms with Crippen LogP contribution >= 0.6 is 0 Å². The molecule has 1 unspecified atom stereocenters. The average molecular weight is 374 g/mol. The molecule has 4 rings (SSSR count). The van der Waals surface area contributed by atoms with E-state index in [1.807, 2.05) is 6.20 Å². The van der Waals surface area contributed by atoms with Crippen LogP contribution in [0.15, 0.2) is 12.3 Å². The molecule has 3 aliphatic heterocycles. The lowest BCUT2D eigenvalue weighted by atomic mass is 10.1. The van der Waals surface area contributed by atoms with E-state index in [4.69, 9.17) is 9.72 Å². The molecule has 0 bridgehead atoms. The van der Waals surface area contributed by atoms with Crippen LogP contribution in [0, 0.1) is 0 Å². The normalized spacial score (nSPS) is 26.4. The summed E-state index contributed by atoms with van der Waals surface area (Å²) in [4.78, 5) is 14.5. The quantitative estimate of drug-likeness (QED) is 0.874. The minimum Gasteiger partial charge on any atom is -0.381 e. The number of hydrogen-bond donors (Lipinski definition) is 1. The van der Waals surface area contributed by atoms with Crippen molar-refractivity contribution in [2.75, 3.05) is 49.6 Å². The molecular formula is C21H35N5O. The Kier molecular flexibility index (Phi) is 6.80. The summed E-state index contributed by atoms with van der Waals surface area (Å²) < 4.78 is 5.56. The van der Waals surface area contributed by atoms with Gasteiger partial charge in [0.25, 0.3) is 0 Å². The molecule has 27 heavy (non-hydrogen) atoms. The van der Waals surface area contributed by atoms with E-state index >= 15 is 0 Å². The highest BCUT2D eigenvalue weighted by atomic mass is 16.5. The SMILES string of the molecule is c1cc(N2CCCCCC2)nc(NC2CCCCN(C3CCOCC3)C2)n1. The number of likely N-dealkylation sites (tertiary alicyclic amines) is 1. The Labute approximate surface area is 163 Å². The van der Waals surface area contributed by atoms with E-state index < -0.39 is 0 Å². The Morgan fingerprint density at radius 1 is 0.926 bits per heavy atom. The van der Waals surface area contributed by atoms with Gasteiger partial charge in [0.2, 0.25) is 5.95 Å². The second kappa shape index (κ2) is 9.69. The first-order valence-electron chi connectivity index (χ1n) is 11.0. The van der Waals surface area contributed by atoms with Crippen LogP contribution in [-0.2, 0) is 4.74 Å². The van der Waals surface area contributed by atoms with Crippen LogP contribution in [0.1, 0.15) is 57.8 Å². The van der Waals surface area contributed by atoms with Gasteiger partial charge in [0.15, 0.2) is 0 Å². The number of anilines is 2. The van der Waals surface area contributed by atoms with Crippen LogP contribution in [0.2, 0.25) is 0 Å². The fraction of sp³-hybridized carbons (Fsp3) is 0.810. The standard InChI is InChI=1S/C21H35N5O/c1-2-5-13-25(12-4-1)20-8-11-22-21(24-20)23-18-7-3-6-14-26(17-18)19-9-15-27-16-10-19/h8,11,18-19H,1-7,9-10,12-17H2,(H,22,23,24). The lowest BCUT2D eigenvalue weighted by Gasteiger charge is -2.35. The Morgan fingerprint density at radius 2 is 1.70 bits per heavy atom. The molecule has 150 valence electrons. The number of hydrogen-bond acceptors (Lipinski definition) is 6. The van der Waals surface area contributed by atoms with E-state index in [0.29, 0.717) is 12.1 Å². The molecule has 1 atom stereocenters. The van der Waals surface area contributed by atoms with Crippen LogP contribution in [0.4, 0.5) is 11.8 Å². The zero-order valence-corrected chi connectivity index (χ0v) is 16.6. The Bertz CT molecular complexity index is 569. The first-order chi connectivity index (χ1) is 13.4. The van der Waals surface area contributed by atoms with Gasteiger partial charge < -0.3 is 15.0 Å². The average Bonchev–Trinajstić information content (AvgIpc) is 3.12. The van der Waals surface area contributed by atoms with Gasteiger partial charge in [-0.2, -0.15) is 4.98 Å². The van der Waals surface area contributed by atoms with Crippen molar-refractivity contribution in [1.29, 1.82) is 0 Å². The molecular weight excluding hydrogens is 338 g/mol. The molecule has 3 saturated heterocycles. The third-order valence-corrected chi connectivity index (χ3v) is 6.31. The third kappa shape index (κ3) is 5.32. The second-order valence-corrected chi connectivity index (χ2v) is 8.32. The largest absolute Gasteiger partial charge is 0.381 e. The van der Waals surface area contributed by atoms with Gasteiger partial charge in [0.05, 0.1) is 0 Å².